The monoisotopic (exact) mass is 294 g/mol. The molecular formula is C19H18OS. The van der Waals surface area contributed by atoms with Crippen LogP contribution >= 0.6 is 11.3 Å². The van der Waals surface area contributed by atoms with E-state index in [2.05, 4.69) is 55.5 Å². The third-order valence-corrected chi connectivity index (χ3v) is 4.67. The van der Waals surface area contributed by atoms with E-state index in [-0.39, 0.29) is 0 Å². The second-order valence-corrected chi connectivity index (χ2v) is 6.33. The molecule has 1 aromatic heterocycles. The lowest BCUT2D eigenvalue weighted by Gasteiger charge is -2.01. The van der Waals surface area contributed by atoms with E-state index in [1.54, 1.807) is 7.11 Å². The van der Waals surface area contributed by atoms with Gasteiger partial charge in [0.05, 0.1) is 7.11 Å². The van der Waals surface area contributed by atoms with Gasteiger partial charge < -0.3 is 4.74 Å². The molecule has 106 valence electrons. The first-order valence-electron chi connectivity index (χ1n) is 7.03. The van der Waals surface area contributed by atoms with Crippen LogP contribution in [0.2, 0.25) is 0 Å². The zero-order valence-electron chi connectivity index (χ0n) is 12.3. The van der Waals surface area contributed by atoms with E-state index in [1.807, 2.05) is 23.5 Å². The molecule has 0 radical (unpaired) electrons. The SMILES string of the molecule is COc1ccc(-c2ccc(Cc3ccc(C)cc3)s2)cc1. The fraction of sp³-hybridized carbons (Fsp3) is 0.158. The van der Waals surface area contributed by atoms with E-state index in [1.165, 1.54) is 26.4 Å². The molecule has 0 amide bonds. The van der Waals surface area contributed by atoms with E-state index in [0.29, 0.717) is 0 Å². The summed E-state index contributed by atoms with van der Waals surface area (Å²) < 4.78 is 5.20. The van der Waals surface area contributed by atoms with Crippen LogP contribution in [0.1, 0.15) is 16.0 Å². The Hall–Kier alpha value is -2.06. The van der Waals surface area contributed by atoms with Crippen molar-refractivity contribution in [3.8, 4) is 16.2 Å². The zero-order valence-corrected chi connectivity index (χ0v) is 13.1. The molecule has 0 aliphatic carbocycles. The number of methoxy groups -OCH3 is 1. The summed E-state index contributed by atoms with van der Waals surface area (Å²) in [6.07, 6.45) is 1.00. The Kier molecular flexibility index (Phi) is 4.07. The number of ether oxygens (including phenoxy) is 1. The Balaban J connectivity index is 1.77. The number of hydrogen-bond donors (Lipinski definition) is 0. The highest BCUT2D eigenvalue weighted by molar-refractivity contribution is 7.15. The molecule has 2 aromatic carbocycles. The lowest BCUT2D eigenvalue weighted by Crippen LogP contribution is -1.83. The van der Waals surface area contributed by atoms with Crippen LogP contribution in [-0.2, 0) is 6.42 Å². The summed E-state index contributed by atoms with van der Waals surface area (Å²) in [5, 5.41) is 0. The molecule has 1 heterocycles. The fourth-order valence-corrected chi connectivity index (χ4v) is 3.34. The molecule has 0 bridgehead atoms. The van der Waals surface area contributed by atoms with Crippen molar-refractivity contribution in [2.75, 3.05) is 7.11 Å². The molecule has 0 spiro atoms. The molecule has 3 rings (SSSR count). The van der Waals surface area contributed by atoms with Crippen LogP contribution in [0.3, 0.4) is 0 Å². The standard InChI is InChI=1S/C19H18OS/c1-14-3-5-15(6-4-14)13-18-11-12-19(21-18)16-7-9-17(20-2)10-8-16/h3-12H,13H2,1-2H3. The first-order chi connectivity index (χ1) is 10.2. The first-order valence-corrected chi connectivity index (χ1v) is 7.85. The molecule has 0 atom stereocenters. The Labute approximate surface area is 129 Å². The molecule has 0 aliphatic heterocycles. The third kappa shape index (κ3) is 3.34. The average Bonchev–Trinajstić information content (AvgIpc) is 2.98. The van der Waals surface area contributed by atoms with Crippen molar-refractivity contribution >= 4 is 11.3 Å². The molecule has 0 saturated heterocycles. The normalized spacial score (nSPS) is 10.6. The van der Waals surface area contributed by atoms with Crippen molar-refractivity contribution < 1.29 is 4.74 Å². The quantitative estimate of drug-likeness (QED) is 0.632. The van der Waals surface area contributed by atoms with Crippen molar-refractivity contribution in [1.82, 2.24) is 0 Å². The van der Waals surface area contributed by atoms with Crippen molar-refractivity contribution in [2.24, 2.45) is 0 Å². The van der Waals surface area contributed by atoms with Gasteiger partial charge in [0, 0.05) is 16.2 Å². The van der Waals surface area contributed by atoms with Crippen LogP contribution in [0.5, 0.6) is 5.75 Å². The predicted molar refractivity (Wildman–Crippen MR) is 90.3 cm³/mol. The predicted octanol–water partition coefficient (Wildman–Crippen LogP) is 5.32. The van der Waals surface area contributed by atoms with Crippen LogP contribution in [0.15, 0.2) is 60.7 Å². The third-order valence-electron chi connectivity index (χ3n) is 3.54. The Morgan fingerprint density at radius 1 is 0.857 bits per heavy atom. The van der Waals surface area contributed by atoms with Crippen molar-refractivity contribution in [1.29, 1.82) is 0 Å². The minimum absolute atomic E-state index is 0.898. The zero-order chi connectivity index (χ0) is 14.7. The summed E-state index contributed by atoms with van der Waals surface area (Å²) in [5.41, 5.74) is 3.92. The van der Waals surface area contributed by atoms with Gasteiger partial charge in [0.25, 0.3) is 0 Å². The molecule has 21 heavy (non-hydrogen) atoms. The highest BCUT2D eigenvalue weighted by atomic mass is 32.1. The lowest BCUT2D eigenvalue weighted by atomic mass is 10.1. The summed E-state index contributed by atoms with van der Waals surface area (Å²) in [6.45, 7) is 2.12. The average molecular weight is 294 g/mol. The summed E-state index contributed by atoms with van der Waals surface area (Å²) in [7, 11) is 1.69. The maximum Gasteiger partial charge on any atom is 0.118 e. The largest absolute Gasteiger partial charge is 0.497 e. The number of benzene rings is 2. The second kappa shape index (κ2) is 6.15. The van der Waals surface area contributed by atoms with Gasteiger partial charge in [-0.25, -0.2) is 0 Å². The van der Waals surface area contributed by atoms with Gasteiger partial charge in [-0.05, 0) is 54.4 Å². The van der Waals surface area contributed by atoms with Gasteiger partial charge in [-0.15, -0.1) is 11.3 Å². The van der Waals surface area contributed by atoms with Crippen LogP contribution in [0.25, 0.3) is 10.4 Å². The first kappa shape index (κ1) is 13.9. The number of rotatable bonds is 4. The second-order valence-electron chi connectivity index (χ2n) is 5.16. The Morgan fingerprint density at radius 3 is 2.24 bits per heavy atom. The summed E-state index contributed by atoms with van der Waals surface area (Å²) in [6, 6.07) is 21.4. The molecule has 0 N–H and O–H groups in total. The van der Waals surface area contributed by atoms with E-state index in [0.717, 1.165) is 12.2 Å². The van der Waals surface area contributed by atoms with E-state index >= 15 is 0 Å². The van der Waals surface area contributed by atoms with Crippen molar-refractivity contribution in [3.05, 3.63) is 76.7 Å². The fourth-order valence-electron chi connectivity index (χ4n) is 2.29. The molecule has 2 heteroatoms. The van der Waals surface area contributed by atoms with Gasteiger partial charge >= 0.3 is 0 Å². The lowest BCUT2D eigenvalue weighted by molar-refractivity contribution is 0.415. The van der Waals surface area contributed by atoms with Gasteiger partial charge in [0.2, 0.25) is 0 Å². The van der Waals surface area contributed by atoms with E-state index < -0.39 is 0 Å². The van der Waals surface area contributed by atoms with Gasteiger partial charge in [-0.3, -0.25) is 0 Å². The molecule has 0 aliphatic rings. The molecule has 1 nitrogen and oxygen atoms in total. The van der Waals surface area contributed by atoms with E-state index in [9.17, 15) is 0 Å². The maximum absolute atomic E-state index is 5.20. The van der Waals surface area contributed by atoms with Crippen LogP contribution in [-0.4, -0.2) is 7.11 Å². The van der Waals surface area contributed by atoms with Crippen LogP contribution in [0, 0.1) is 6.92 Å². The molecule has 3 aromatic rings. The minimum atomic E-state index is 0.898. The highest BCUT2D eigenvalue weighted by Gasteiger charge is 2.04. The Bertz CT molecular complexity index is 708. The summed E-state index contributed by atoms with van der Waals surface area (Å²) >= 11 is 1.86. The van der Waals surface area contributed by atoms with Gasteiger partial charge in [-0.1, -0.05) is 29.8 Å². The maximum atomic E-state index is 5.20. The molecule has 0 fully saturated rings. The van der Waals surface area contributed by atoms with Crippen LogP contribution < -0.4 is 4.74 Å². The van der Waals surface area contributed by atoms with Gasteiger partial charge in [0.15, 0.2) is 0 Å². The van der Waals surface area contributed by atoms with Crippen molar-refractivity contribution in [3.63, 3.8) is 0 Å². The molecule has 0 unspecified atom stereocenters. The number of aryl methyl sites for hydroxylation is 1. The van der Waals surface area contributed by atoms with Gasteiger partial charge in [-0.2, -0.15) is 0 Å². The van der Waals surface area contributed by atoms with Crippen LogP contribution in [0.4, 0.5) is 0 Å². The molecular weight excluding hydrogens is 276 g/mol. The number of thiophene rings is 1. The number of hydrogen-bond acceptors (Lipinski definition) is 2. The summed E-state index contributed by atoms with van der Waals surface area (Å²) in [5.74, 6) is 0.898. The smallest absolute Gasteiger partial charge is 0.118 e. The van der Waals surface area contributed by atoms with Gasteiger partial charge in [0.1, 0.15) is 5.75 Å². The topological polar surface area (TPSA) is 9.23 Å². The molecule has 0 saturated carbocycles. The Morgan fingerprint density at radius 2 is 1.57 bits per heavy atom. The van der Waals surface area contributed by atoms with Crippen molar-refractivity contribution in [2.45, 2.75) is 13.3 Å². The minimum Gasteiger partial charge on any atom is -0.497 e. The van der Waals surface area contributed by atoms with E-state index in [4.69, 9.17) is 4.74 Å². The summed E-state index contributed by atoms with van der Waals surface area (Å²) in [4.78, 5) is 2.70. The highest BCUT2D eigenvalue weighted by Crippen LogP contribution is 2.30.